The Hall–Kier alpha value is -2.93. The highest BCUT2D eigenvalue weighted by molar-refractivity contribution is 8.00. The van der Waals surface area contributed by atoms with E-state index in [1.165, 1.54) is 10.4 Å². The molecule has 4 aromatic rings. The Bertz CT molecular complexity index is 1300. The van der Waals surface area contributed by atoms with E-state index in [9.17, 15) is 4.79 Å². The van der Waals surface area contributed by atoms with Gasteiger partial charge in [0.05, 0.1) is 11.9 Å². The van der Waals surface area contributed by atoms with E-state index in [-0.39, 0.29) is 5.41 Å². The number of thiophene rings is 1. The summed E-state index contributed by atoms with van der Waals surface area (Å²) in [6.45, 7) is 7.41. The van der Waals surface area contributed by atoms with E-state index in [2.05, 4.69) is 83.9 Å². The van der Waals surface area contributed by atoms with Gasteiger partial charge in [-0.1, -0.05) is 45.0 Å². The van der Waals surface area contributed by atoms with Gasteiger partial charge in [-0.05, 0) is 84.5 Å². The van der Waals surface area contributed by atoms with Crippen LogP contribution in [0.1, 0.15) is 42.3 Å². The number of rotatable bonds is 8. The fraction of sp³-hybridized carbons (Fsp3) is 0.241. The molecule has 2 aromatic heterocycles. The Labute approximate surface area is 216 Å². The molecule has 6 heteroatoms. The van der Waals surface area contributed by atoms with Gasteiger partial charge in [0.25, 0.3) is 0 Å². The summed E-state index contributed by atoms with van der Waals surface area (Å²) in [5, 5.41) is 0. The van der Waals surface area contributed by atoms with Crippen molar-refractivity contribution >= 4 is 35.3 Å². The molecule has 0 atom stereocenters. The third-order valence-corrected chi connectivity index (χ3v) is 7.71. The molecule has 0 spiro atoms. The van der Waals surface area contributed by atoms with Crippen LogP contribution in [-0.4, -0.2) is 30.3 Å². The van der Waals surface area contributed by atoms with Crippen molar-refractivity contribution in [1.29, 1.82) is 0 Å². The average Bonchev–Trinajstić information content (AvgIpc) is 3.33. The SMILES string of the molecule is CN(C)Cc1cc(-c2ccc(-c3cncc(NSc4ccc(C(C)(C)C)cc4)c3)s2)ccc1C=O. The summed E-state index contributed by atoms with van der Waals surface area (Å²) in [5.41, 5.74) is 6.43. The summed E-state index contributed by atoms with van der Waals surface area (Å²) in [7, 11) is 4.02. The highest BCUT2D eigenvalue weighted by Gasteiger charge is 2.13. The molecule has 0 unspecified atom stereocenters. The number of hydrogen-bond donors (Lipinski definition) is 1. The van der Waals surface area contributed by atoms with Crippen molar-refractivity contribution in [3.8, 4) is 20.9 Å². The molecule has 4 rings (SSSR count). The van der Waals surface area contributed by atoms with Gasteiger partial charge in [-0.25, -0.2) is 0 Å². The number of pyridine rings is 1. The van der Waals surface area contributed by atoms with Gasteiger partial charge < -0.3 is 9.62 Å². The second-order valence-corrected chi connectivity index (χ2v) is 11.8. The van der Waals surface area contributed by atoms with E-state index < -0.39 is 0 Å². The first kappa shape index (κ1) is 25.2. The summed E-state index contributed by atoms with van der Waals surface area (Å²) < 4.78 is 3.43. The van der Waals surface area contributed by atoms with Crippen molar-refractivity contribution < 1.29 is 4.79 Å². The van der Waals surface area contributed by atoms with E-state index in [0.717, 1.165) is 50.5 Å². The molecule has 180 valence electrons. The summed E-state index contributed by atoms with van der Waals surface area (Å²) in [6.07, 6.45) is 4.68. The van der Waals surface area contributed by atoms with Crippen LogP contribution in [0, 0.1) is 0 Å². The van der Waals surface area contributed by atoms with Crippen molar-refractivity contribution in [2.45, 2.75) is 37.6 Å². The van der Waals surface area contributed by atoms with Gasteiger partial charge in [-0.15, -0.1) is 11.3 Å². The Morgan fingerprint density at radius 1 is 0.943 bits per heavy atom. The molecule has 0 saturated heterocycles. The Kier molecular flexibility index (Phi) is 7.75. The summed E-state index contributed by atoms with van der Waals surface area (Å²) in [5.74, 6) is 0. The molecule has 0 radical (unpaired) electrons. The van der Waals surface area contributed by atoms with Crippen LogP contribution >= 0.6 is 23.3 Å². The van der Waals surface area contributed by atoms with E-state index in [0.29, 0.717) is 0 Å². The quantitative estimate of drug-likeness (QED) is 0.197. The number of nitrogens with one attached hydrogen (secondary N) is 1. The summed E-state index contributed by atoms with van der Waals surface area (Å²) in [4.78, 5) is 21.5. The second-order valence-electron chi connectivity index (χ2n) is 9.87. The number of carbonyl (C=O) groups excluding carboxylic acids is 1. The van der Waals surface area contributed by atoms with Crippen LogP contribution in [0.5, 0.6) is 0 Å². The van der Waals surface area contributed by atoms with Crippen LogP contribution in [0.25, 0.3) is 20.9 Å². The van der Waals surface area contributed by atoms with Gasteiger partial charge in [-0.2, -0.15) is 0 Å². The van der Waals surface area contributed by atoms with Crippen LogP contribution < -0.4 is 4.72 Å². The maximum atomic E-state index is 11.4. The maximum Gasteiger partial charge on any atom is 0.150 e. The minimum Gasteiger partial charge on any atom is -0.324 e. The highest BCUT2D eigenvalue weighted by Crippen LogP contribution is 2.36. The molecule has 1 N–H and O–H groups in total. The third-order valence-electron chi connectivity index (χ3n) is 5.68. The first-order valence-corrected chi connectivity index (χ1v) is 13.2. The lowest BCUT2D eigenvalue weighted by molar-refractivity contribution is 0.112. The van der Waals surface area contributed by atoms with Crippen molar-refractivity contribution in [3.05, 3.63) is 89.7 Å². The van der Waals surface area contributed by atoms with E-state index in [1.54, 1.807) is 23.3 Å². The van der Waals surface area contributed by atoms with Crippen LogP contribution in [0.2, 0.25) is 0 Å². The number of aldehydes is 1. The lowest BCUT2D eigenvalue weighted by Crippen LogP contribution is -2.12. The minimum atomic E-state index is 0.152. The van der Waals surface area contributed by atoms with E-state index in [1.807, 2.05) is 38.6 Å². The molecule has 0 amide bonds. The summed E-state index contributed by atoms with van der Waals surface area (Å²) >= 11 is 3.32. The van der Waals surface area contributed by atoms with Gasteiger partial charge >= 0.3 is 0 Å². The topological polar surface area (TPSA) is 45.2 Å². The Morgan fingerprint density at radius 2 is 1.66 bits per heavy atom. The Balaban J connectivity index is 1.49. The predicted molar refractivity (Wildman–Crippen MR) is 150 cm³/mol. The molecule has 4 nitrogen and oxygen atoms in total. The zero-order valence-electron chi connectivity index (χ0n) is 20.8. The van der Waals surface area contributed by atoms with Gasteiger partial charge in [0.2, 0.25) is 0 Å². The van der Waals surface area contributed by atoms with Crippen molar-refractivity contribution in [2.24, 2.45) is 0 Å². The fourth-order valence-electron chi connectivity index (χ4n) is 3.77. The van der Waals surface area contributed by atoms with Crippen molar-refractivity contribution in [2.75, 3.05) is 18.8 Å². The maximum absolute atomic E-state index is 11.4. The van der Waals surface area contributed by atoms with Gasteiger partial charge in [0.15, 0.2) is 0 Å². The molecule has 35 heavy (non-hydrogen) atoms. The largest absolute Gasteiger partial charge is 0.324 e. The normalized spacial score (nSPS) is 11.6. The van der Waals surface area contributed by atoms with E-state index >= 15 is 0 Å². The number of benzene rings is 2. The molecule has 0 aliphatic heterocycles. The molecule has 0 saturated carbocycles. The molecule has 0 fully saturated rings. The van der Waals surface area contributed by atoms with Gasteiger partial charge in [0, 0.05) is 38.5 Å². The molecule has 0 bridgehead atoms. The van der Waals surface area contributed by atoms with Crippen LogP contribution in [0.15, 0.2) is 78.0 Å². The smallest absolute Gasteiger partial charge is 0.150 e. The highest BCUT2D eigenvalue weighted by atomic mass is 32.2. The number of hydrogen-bond acceptors (Lipinski definition) is 6. The van der Waals surface area contributed by atoms with Gasteiger partial charge in [-0.3, -0.25) is 9.78 Å². The molecular formula is C29H31N3OS2. The zero-order chi connectivity index (χ0) is 25.0. The molecule has 0 aliphatic rings. The van der Waals surface area contributed by atoms with Crippen molar-refractivity contribution in [3.63, 3.8) is 0 Å². The monoisotopic (exact) mass is 501 g/mol. The number of carbonyl (C=O) groups is 1. The molecule has 0 aliphatic carbocycles. The zero-order valence-corrected chi connectivity index (χ0v) is 22.5. The lowest BCUT2D eigenvalue weighted by atomic mass is 9.87. The van der Waals surface area contributed by atoms with E-state index in [4.69, 9.17) is 0 Å². The standard InChI is InChI=1S/C29H31N3OS2/c1-29(2,3)24-8-10-26(11-9-24)35-31-25-15-22(16-30-17-25)28-13-12-27(34-28)20-6-7-21(19-33)23(14-20)18-32(4)5/h6-17,19,31H,18H2,1-5H3. The van der Waals surface area contributed by atoms with Crippen LogP contribution in [0.4, 0.5) is 5.69 Å². The molecule has 2 heterocycles. The molecule has 2 aromatic carbocycles. The third kappa shape index (κ3) is 6.40. The number of nitrogens with zero attached hydrogens (tertiary/aromatic N) is 2. The number of anilines is 1. The predicted octanol–water partition coefficient (Wildman–Crippen LogP) is 7.77. The molecular weight excluding hydrogens is 470 g/mol. The number of aromatic nitrogens is 1. The lowest BCUT2D eigenvalue weighted by Gasteiger charge is -2.19. The fourth-order valence-corrected chi connectivity index (χ4v) is 5.37. The first-order valence-electron chi connectivity index (χ1n) is 11.5. The average molecular weight is 502 g/mol. The first-order chi connectivity index (χ1) is 16.7. The Morgan fingerprint density at radius 3 is 2.31 bits per heavy atom. The minimum absolute atomic E-state index is 0.152. The van der Waals surface area contributed by atoms with Crippen molar-refractivity contribution in [1.82, 2.24) is 9.88 Å². The summed E-state index contributed by atoms with van der Waals surface area (Å²) in [6, 6.07) is 21.2. The van der Waals surface area contributed by atoms with Gasteiger partial charge in [0.1, 0.15) is 6.29 Å². The van der Waals surface area contributed by atoms with Crippen LogP contribution in [0.3, 0.4) is 0 Å². The van der Waals surface area contributed by atoms with Crippen LogP contribution in [-0.2, 0) is 12.0 Å². The second kappa shape index (κ2) is 10.8.